The SMILES string of the molecule is C[Si](C)(C)c1sc(I)cc1Cl. The number of halogens is 2. The van der Waals surface area contributed by atoms with E-state index in [1.807, 2.05) is 11.3 Å². The Labute approximate surface area is 91.1 Å². The molecular formula is C7H10ClISSi. The fourth-order valence-electron chi connectivity index (χ4n) is 0.852. The third kappa shape index (κ3) is 2.44. The van der Waals surface area contributed by atoms with E-state index in [1.54, 1.807) is 0 Å². The first-order valence-corrected chi connectivity index (χ1v) is 9.14. The summed E-state index contributed by atoms with van der Waals surface area (Å²) in [6.45, 7) is 6.96. The molecule has 0 saturated carbocycles. The van der Waals surface area contributed by atoms with Gasteiger partial charge in [0.05, 0.1) is 16.0 Å². The molecule has 1 aromatic rings. The molecule has 1 aromatic heterocycles. The van der Waals surface area contributed by atoms with Crippen molar-refractivity contribution in [3.05, 3.63) is 14.0 Å². The molecule has 62 valence electrons. The maximum atomic E-state index is 6.07. The van der Waals surface area contributed by atoms with Crippen LogP contribution < -0.4 is 4.50 Å². The average molecular weight is 317 g/mol. The van der Waals surface area contributed by atoms with Gasteiger partial charge in [-0.2, -0.15) is 0 Å². The number of hydrogen-bond donors (Lipinski definition) is 0. The average Bonchev–Trinajstić information content (AvgIpc) is 2.08. The van der Waals surface area contributed by atoms with Crippen LogP contribution in [-0.2, 0) is 0 Å². The zero-order chi connectivity index (χ0) is 8.65. The Hall–Kier alpha value is 0.937. The lowest BCUT2D eigenvalue weighted by atomic mass is 10.7. The zero-order valence-electron chi connectivity index (χ0n) is 6.74. The molecule has 4 heteroatoms. The largest absolute Gasteiger partial charge is 0.137 e. The topological polar surface area (TPSA) is 0 Å². The summed E-state index contributed by atoms with van der Waals surface area (Å²) >= 11 is 10.2. The minimum Gasteiger partial charge on any atom is -0.137 e. The lowest BCUT2D eigenvalue weighted by Gasteiger charge is -2.13. The quantitative estimate of drug-likeness (QED) is 0.549. The van der Waals surface area contributed by atoms with Crippen LogP contribution in [0.3, 0.4) is 0 Å². The molecule has 0 atom stereocenters. The molecule has 1 heterocycles. The Morgan fingerprint density at radius 2 is 2.00 bits per heavy atom. The van der Waals surface area contributed by atoms with Crippen molar-refractivity contribution in [3.63, 3.8) is 0 Å². The highest BCUT2D eigenvalue weighted by atomic mass is 127. The van der Waals surface area contributed by atoms with Gasteiger partial charge >= 0.3 is 0 Å². The zero-order valence-corrected chi connectivity index (χ0v) is 11.5. The molecule has 0 fully saturated rings. The van der Waals surface area contributed by atoms with Gasteiger partial charge in [0, 0.05) is 4.50 Å². The smallest absolute Gasteiger partial charge is 0.0924 e. The van der Waals surface area contributed by atoms with Gasteiger partial charge in [0.2, 0.25) is 0 Å². The van der Waals surface area contributed by atoms with E-state index in [-0.39, 0.29) is 0 Å². The van der Waals surface area contributed by atoms with Crippen LogP contribution in [-0.4, -0.2) is 8.07 Å². The minimum atomic E-state index is -1.18. The summed E-state index contributed by atoms with van der Waals surface area (Å²) < 4.78 is 2.72. The third-order valence-corrected chi connectivity index (χ3v) is 7.39. The van der Waals surface area contributed by atoms with E-state index in [9.17, 15) is 0 Å². The van der Waals surface area contributed by atoms with Crippen molar-refractivity contribution >= 4 is 58.1 Å². The predicted molar refractivity (Wildman–Crippen MR) is 65.0 cm³/mol. The van der Waals surface area contributed by atoms with Gasteiger partial charge in [0.15, 0.2) is 0 Å². The molecule has 0 radical (unpaired) electrons. The van der Waals surface area contributed by atoms with Gasteiger partial charge < -0.3 is 0 Å². The van der Waals surface area contributed by atoms with Crippen LogP contribution in [0.25, 0.3) is 0 Å². The van der Waals surface area contributed by atoms with Crippen molar-refractivity contribution in [2.24, 2.45) is 0 Å². The highest BCUT2D eigenvalue weighted by molar-refractivity contribution is 14.1. The summed E-state index contributed by atoms with van der Waals surface area (Å²) in [4.78, 5) is 0. The van der Waals surface area contributed by atoms with E-state index < -0.39 is 8.07 Å². The molecule has 1 rings (SSSR count). The summed E-state index contributed by atoms with van der Waals surface area (Å²) in [5.41, 5.74) is 0. The molecule has 0 aliphatic rings. The van der Waals surface area contributed by atoms with Crippen LogP contribution in [0, 0.1) is 2.88 Å². The van der Waals surface area contributed by atoms with Gasteiger partial charge in [0.1, 0.15) is 0 Å². The molecule has 0 aliphatic heterocycles. The summed E-state index contributed by atoms with van der Waals surface area (Å²) in [5, 5.41) is 0.971. The summed E-state index contributed by atoms with van der Waals surface area (Å²) in [6.07, 6.45) is 0. The predicted octanol–water partition coefficient (Wildman–Crippen LogP) is 3.55. The maximum Gasteiger partial charge on any atom is 0.0924 e. The summed E-state index contributed by atoms with van der Waals surface area (Å²) in [5.74, 6) is 0. The third-order valence-electron chi connectivity index (χ3n) is 1.34. The van der Waals surface area contributed by atoms with Crippen molar-refractivity contribution in [3.8, 4) is 0 Å². The molecule has 0 saturated heterocycles. The standard InChI is InChI=1S/C7H10ClISSi/c1-11(2,3)7-5(8)4-6(9)10-7/h4H,1-3H3. The molecule has 0 bridgehead atoms. The fourth-order valence-corrected chi connectivity index (χ4v) is 6.64. The van der Waals surface area contributed by atoms with E-state index in [0.717, 1.165) is 5.02 Å². The number of rotatable bonds is 1. The lowest BCUT2D eigenvalue weighted by Crippen LogP contribution is -2.35. The maximum absolute atomic E-state index is 6.07. The van der Waals surface area contributed by atoms with Crippen LogP contribution in [0.1, 0.15) is 0 Å². The Kier molecular flexibility index (Phi) is 3.06. The molecule has 0 unspecified atom stereocenters. The van der Waals surface area contributed by atoms with Crippen LogP contribution in [0.15, 0.2) is 6.07 Å². The second kappa shape index (κ2) is 3.36. The van der Waals surface area contributed by atoms with Crippen LogP contribution in [0.2, 0.25) is 24.7 Å². The highest BCUT2D eigenvalue weighted by Gasteiger charge is 2.22. The summed E-state index contributed by atoms with van der Waals surface area (Å²) in [6, 6.07) is 2.06. The van der Waals surface area contributed by atoms with Crippen molar-refractivity contribution in [1.82, 2.24) is 0 Å². The lowest BCUT2D eigenvalue weighted by molar-refractivity contribution is 1.78. The number of hydrogen-bond acceptors (Lipinski definition) is 1. The normalized spacial score (nSPS) is 12.1. The molecule has 0 aliphatic carbocycles. The first-order valence-electron chi connectivity index (χ1n) is 3.36. The highest BCUT2D eigenvalue weighted by Crippen LogP contribution is 2.22. The van der Waals surface area contributed by atoms with E-state index in [4.69, 9.17) is 11.6 Å². The number of thiophene rings is 1. The van der Waals surface area contributed by atoms with E-state index in [1.165, 1.54) is 7.38 Å². The van der Waals surface area contributed by atoms with E-state index in [2.05, 4.69) is 48.3 Å². The Morgan fingerprint density at radius 1 is 1.45 bits per heavy atom. The molecule has 0 spiro atoms. The van der Waals surface area contributed by atoms with E-state index >= 15 is 0 Å². The molecule has 11 heavy (non-hydrogen) atoms. The minimum absolute atomic E-state index is 0.971. The molecule has 0 aromatic carbocycles. The fraction of sp³-hybridized carbons (Fsp3) is 0.429. The summed E-state index contributed by atoms with van der Waals surface area (Å²) in [7, 11) is -1.18. The monoisotopic (exact) mass is 316 g/mol. The van der Waals surface area contributed by atoms with Gasteiger partial charge in [0.25, 0.3) is 0 Å². The van der Waals surface area contributed by atoms with Crippen molar-refractivity contribution in [2.45, 2.75) is 19.6 Å². The van der Waals surface area contributed by atoms with Gasteiger partial charge in [-0.15, -0.1) is 11.3 Å². The van der Waals surface area contributed by atoms with Gasteiger partial charge in [-0.25, -0.2) is 0 Å². The first-order chi connectivity index (χ1) is 4.91. The first kappa shape index (κ1) is 10.0. The van der Waals surface area contributed by atoms with Crippen molar-refractivity contribution in [1.29, 1.82) is 0 Å². The molecule has 0 nitrogen and oxygen atoms in total. The Balaban J connectivity index is 3.13. The molecule has 0 amide bonds. The van der Waals surface area contributed by atoms with Gasteiger partial charge in [-0.3, -0.25) is 0 Å². The second-order valence-electron chi connectivity index (χ2n) is 3.48. The van der Waals surface area contributed by atoms with Crippen molar-refractivity contribution in [2.75, 3.05) is 0 Å². The second-order valence-corrected chi connectivity index (χ2v) is 12.2. The van der Waals surface area contributed by atoms with Crippen LogP contribution in [0.4, 0.5) is 0 Å². The van der Waals surface area contributed by atoms with E-state index in [0.29, 0.717) is 0 Å². The molecule has 0 N–H and O–H groups in total. The Bertz CT molecular complexity index is 264. The van der Waals surface area contributed by atoms with Crippen LogP contribution in [0.5, 0.6) is 0 Å². The molecular weight excluding hydrogens is 307 g/mol. The van der Waals surface area contributed by atoms with Crippen LogP contribution >= 0.6 is 45.5 Å². The van der Waals surface area contributed by atoms with Crippen molar-refractivity contribution < 1.29 is 0 Å². The van der Waals surface area contributed by atoms with Gasteiger partial charge in [-0.1, -0.05) is 31.2 Å². The Morgan fingerprint density at radius 3 is 2.18 bits per heavy atom. The van der Waals surface area contributed by atoms with Gasteiger partial charge in [-0.05, 0) is 28.7 Å².